The molecule has 2 rings (SSSR count). The van der Waals surface area contributed by atoms with Crippen LogP contribution in [0.3, 0.4) is 0 Å². The first-order valence-electron chi connectivity index (χ1n) is 5.55. The van der Waals surface area contributed by atoms with E-state index in [2.05, 4.69) is 5.32 Å². The van der Waals surface area contributed by atoms with Crippen LogP contribution in [0.5, 0.6) is 0 Å². The summed E-state index contributed by atoms with van der Waals surface area (Å²) in [7, 11) is 0. The van der Waals surface area contributed by atoms with Gasteiger partial charge in [-0.1, -0.05) is 23.7 Å². The van der Waals surface area contributed by atoms with E-state index < -0.39 is 5.97 Å². The Morgan fingerprint density at radius 3 is 2.75 bits per heavy atom. The first kappa shape index (κ1) is 14.9. The number of hydrogen-bond acceptors (Lipinski definition) is 4. The molecule has 0 aliphatic rings. The Kier molecular flexibility index (Phi) is 5.05. The van der Waals surface area contributed by atoms with Crippen molar-refractivity contribution in [1.29, 1.82) is 0 Å². The van der Waals surface area contributed by atoms with Gasteiger partial charge in [0.2, 0.25) is 5.91 Å². The fraction of sp³-hybridized carbons (Fsp3) is 0.0769. The van der Waals surface area contributed by atoms with Gasteiger partial charge in [0.25, 0.3) is 0 Å². The second-order valence-electron chi connectivity index (χ2n) is 3.77. The maximum absolute atomic E-state index is 11.8. The summed E-state index contributed by atoms with van der Waals surface area (Å²) in [6, 6.07) is 8.54. The predicted molar refractivity (Wildman–Crippen MR) is 82.1 cm³/mol. The van der Waals surface area contributed by atoms with Crippen molar-refractivity contribution in [3.05, 3.63) is 45.6 Å². The van der Waals surface area contributed by atoms with Gasteiger partial charge >= 0.3 is 5.97 Å². The highest BCUT2D eigenvalue weighted by Crippen LogP contribution is 2.25. The highest BCUT2D eigenvalue weighted by molar-refractivity contribution is 8.00. The van der Waals surface area contributed by atoms with E-state index >= 15 is 0 Å². The summed E-state index contributed by atoms with van der Waals surface area (Å²) >= 11 is 8.36. The SMILES string of the molecule is O=C(CSc1csc(C(=O)O)c1)Nc1ccccc1Cl. The van der Waals surface area contributed by atoms with Crippen LogP contribution in [-0.2, 0) is 4.79 Å². The predicted octanol–water partition coefficient (Wildman–Crippen LogP) is 3.83. The van der Waals surface area contributed by atoms with Crippen molar-refractivity contribution in [2.24, 2.45) is 0 Å². The minimum Gasteiger partial charge on any atom is -0.477 e. The number of rotatable bonds is 5. The lowest BCUT2D eigenvalue weighted by Gasteiger charge is -2.06. The number of carboxylic acids is 1. The molecular formula is C13H10ClNO3S2. The Bertz CT molecular complexity index is 642. The summed E-state index contributed by atoms with van der Waals surface area (Å²) in [5.41, 5.74) is 0.566. The molecule has 104 valence electrons. The molecule has 1 amide bonds. The third-order valence-corrected chi connectivity index (χ3v) is 4.68. The summed E-state index contributed by atoms with van der Waals surface area (Å²) < 4.78 is 0. The average Bonchev–Trinajstić information content (AvgIpc) is 2.88. The van der Waals surface area contributed by atoms with Crippen LogP contribution in [0.2, 0.25) is 5.02 Å². The molecule has 1 heterocycles. The lowest BCUT2D eigenvalue weighted by atomic mass is 10.3. The molecule has 4 nitrogen and oxygen atoms in total. The number of benzene rings is 1. The molecule has 20 heavy (non-hydrogen) atoms. The first-order chi connectivity index (χ1) is 9.56. The number of para-hydroxylation sites is 1. The van der Waals surface area contributed by atoms with E-state index in [0.717, 1.165) is 16.2 Å². The van der Waals surface area contributed by atoms with Crippen LogP contribution in [0.4, 0.5) is 5.69 Å². The molecule has 0 saturated heterocycles. The van der Waals surface area contributed by atoms with E-state index in [0.29, 0.717) is 10.7 Å². The Morgan fingerprint density at radius 1 is 1.35 bits per heavy atom. The lowest BCUT2D eigenvalue weighted by molar-refractivity contribution is -0.113. The molecule has 0 radical (unpaired) electrons. The summed E-state index contributed by atoms with van der Waals surface area (Å²) in [5.74, 6) is -0.949. The van der Waals surface area contributed by atoms with Gasteiger partial charge in [-0.25, -0.2) is 4.79 Å². The van der Waals surface area contributed by atoms with E-state index in [1.54, 1.807) is 35.7 Å². The van der Waals surface area contributed by atoms with Gasteiger partial charge in [-0.15, -0.1) is 23.1 Å². The van der Waals surface area contributed by atoms with E-state index in [9.17, 15) is 9.59 Å². The fourth-order valence-corrected chi connectivity index (χ4v) is 3.26. The largest absolute Gasteiger partial charge is 0.477 e. The topological polar surface area (TPSA) is 66.4 Å². The van der Waals surface area contributed by atoms with Gasteiger partial charge in [-0.3, -0.25) is 4.79 Å². The van der Waals surface area contributed by atoms with Crippen LogP contribution >= 0.6 is 34.7 Å². The lowest BCUT2D eigenvalue weighted by Crippen LogP contribution is -2.14. The number of thiophene rings is 1. The standard InChI is InChI=1S/C13H10ClNO3S2/c14-9-3-1-2-4-10(9)15-12(16)7-19-8-5-11(13(17)18)20-6-8/h1-6H,7H2,(H,15,16)(H,17,18). The van der Waals surface area contributed by atoms with Gasteiger partial charge in [0, 0.05) is 10.3 Å². The second-order valence-corrected chi connectivity index (χ2v) is 6.14. The van der Waals surface area contributed by atoms with Gasteiger partial charge < -0.3 is 10.4 Å². The van der Waals surface area contributed by atoms with Gasteiger partial charge in [-0.2, -0.15) is 0 Å². The molecule has 2 aromatic rings. The maximum Gasteiger partial charge on any atom is 0.345 e. The molecule has 0 bridgehead atoms. The number of carbonyl (C=O) groups is 2. The molecule has 2 N–H and O–H groups in total. The van der Waals surface area contributed by atoms with Gasteiger partial charge in [0.15, 0.2) is 0 Å². The number of hydrogen-bond donors (Lipinski definition) is 2. The number of thioether (sulfide) groups is 1. The van der Waals surface area contributed by atoms with Crippen LogP contribution in [0.15, 0.2) is 40.6 Å². The summed E-state index contributed by atoms with van der Waals surface area (Å²) in [6.07, 6.45) is 0. The highest BCUT2D eigenvalue weighted by atomic mass is 35.5. The highest BCUT2D eigenvalue weighted by Gasteiger charge is 2.10. The number of nitrogens with one attached hydrogen (secondary N) is 1. The molecule has 0 saturated carbocycles. The number of aromatic carboxylic acids is 1. The Hall–Kier alpha value is -1.50. The van der Waals surface area contributed by atoms with Crippen LogP contribution in [0, 0.1) is 0 Å². The number of carbonyl (C=O) groups excluding carboxylic acids is 1. The van der Waals surface area contributed by atoms with E-state index in [4.69, 9.17) is 16.7 Å². The molecule has 0 aliphatic heterocycles. The van der Waals surface area contributed by atoms with Crippen molar-refractivity contribution in [2.45, 2.75) is 4.90 Å². The van der Waals surface area contributed by atoms with E-state index in [1.807, 2.05) is 0 Å². The minimum atomic E-state index is -0.956. The quantitative estimate of drug-likeness (QED) is 0.819. The van der Waals surface area contributed by atoms with Gasteiger partial charge in [0.05, 0.1) is 16.5 Å². The van der Waals surface area contributed by atoms with E-state index in [1.165, 1.54) is 11.8 Å². The molecule has 7 heteroatoms. The molecule has 0 atom stereocenters. The summed E-state index contributed by atoms with van der Waals surface area (Å²) in [6.45, 7) is 0. The van der Waals surface area contributed by atoms with Crippen LogP contribution in [0.25, 0.3) is 0 Å². The molecule has 0 unspecified atom stereocenters. The van der Waals surface area contributed by atoms with Gasteiger partial charge in [-0.05, 0) is 18.2 Å². The van der Waals surface area contributed by atoms with Crippen molar-refractivity contribution in [3.8, 4) is 0 Å². The normalized spacial score (nSPS) is 10.2. The Labute approximate surface area is 128 Å². The summed E-state index contributed by atoms with van der Waals surface area (Å²) in [5, 5.41) is 13.7. The molecule has 1 aromatic heterocycles. The smallest absolute Gasteiger partial charge is 0.345 e. The minimum absolute atomic E-state index is 0.189. The van der Waals surface area contributed by atoms with Crippen LogP contribution < -0.4 is 5.32 Å². The van der Waals surface area contributed by atoms with Crippen molar-refractivity contribution >= 4 is 52.3 Å². The third-order valence-electron chi connectivity index (χ3n) is 2.30. The fourth-order valence-electron chi connectivity index (χ4n) is 1.40. The molecule has 0 fully saturated rings. The Balaban J connectivity index is 1.89. The second kappa shape index (κ2) is 6.78. The average molecular weight is 328 g/mol. The van der Waals surface area contributed by atoms with Crippen molar-refractivity contribution in [3.63, 3.8) is 0 Å². The zero-order valence-corrected chi connectivity index (χ0v) is 12.5. The third kappa shape index (κ3) is 4.00. The summed E-state index contributed by atoms with van der Waals surface area (Å²) in [4.78, 5) is 23.5. The van der Waals surface area contributed by atoms with Gasteiger partial charge in [0.1, 0.15) is 4.88 Å². The zero-order valence-electron chi connectivity index (χ0n) is 10.1. The van der Waals surface area contributed by atoms with Crippen molar-refractivity contribution in [1.82, 2.24) is 0 Å². The van der Waals surface area contributed by atoms with Crippen molar-refractivity contribution < 1.29 is 14.7 Å². The maximum atomic E-state index is 11.8. The molecule has 0 aliphatic carbocycles. The number of anilines is 1. The number of halogens is 1. The van der Waals surface area contributed by atoms with Crippen LogP contribution in [-0.4, -0.2) is 22.7 Å². The Morgan fingerprint density at radius 2 is 2.10 bits per heavy atom. The molecular weight excluding hydrogens is 318 g/mol. The molecule has 0 spiro atoms. The monoisotopic (exact) mass is 327 g/mol. The number of amides is 1. The van der Waals surface area contributed by atoms with Crippen molar-refractivity contribution in [2.75, 3.05) is 11.1 Å². The van der Waals surface area contributed by atoms with Crippen LogP contribution in [0.1, 0.15) is 9.67 Å². The van der Waals surface area contributed by atoms with E-state index in [-0.39, 0.29) is 16.5 Å². The molecule has 1 aromatic carbocycles. The zero-order chi connectivity index (χ0) is 14.5. The first-order valence-corrected chi connectivity index (χ1v) is 7.79. The number of carboxylic acid groups (broad SMARTS) is 1.